The SMILES string of the molecule is O=C(O)[C@H]1CC=CC[C@H]1C(=O)Nc1ncccc1Cl. The van der Waals surface area contributed by atoms with Gasteiger partial charge in [-0.05, 0) is 25.0 Å². The number of nitrogens with zero attached hydrogens (tertiary/aromatic N) is 1. The number of carboxylic acid groups (broad SMARTS) is 1. The Hall–Kier alpha value is -1.88. The third-order valence-electron chi connectivity index (χ3n) is 3.09. The van der Waals surface area contributed by atoms with E-state index >= 15 is 0 Å². The third-order valence-corrected chi connectivity index (χ3v) is 3.39. The number of carboxylic acids is 1. The molecule has 1 amide bonds. The van der Waals surface area contributed by atoms with E-state index in [1.165, 1.54) is 6.20 Å². The van der Waals surface area contributed by atoms with Crippen LogP contribution in [0, 0.1) is 11.8 Å². The van der Waals surface area contributed by atoms with Gasteiger partial charge in [-0.25, -0.2) is 4.98 Å². The fourth-order valence-corrected chi connectivity index (χ4v) is 2.23. The standard InChI is InChI=1S/C13H13ClN2O3/c14-10-6-3-7-15-11(10)16-12(17)8-4-1-2-5-9(8)13(18)19/h1-3,6-9H,4-5H2,(H,18,19)(H,15,16,17)/t8-,9+/m1/s1. The molecule has 6 heteroatoms. The van der Waals surface area contributed by atoms with Gasteiger partial charge in [-0.2, -0.15) is 0 Å². The van der Waals surface area contributed by atoms with Crippen LogP contribution >= 0.6 is 11.6 Å². The molecule has 2 rings (SSSR count). The zero-order chi connectivity index (χ0) is 13.8. The van der Waals surface area contributed by atoms with Crippen molar-refractivity contribution in [2.45, 2.75) is 12.8 Å². The van der Waals surface area contributed by atoms with E-state index in [4.69, 9.17) is 16.7 Å². The molecule has 1 aliphatic carbocycles. The second kappa shape index (κ2) is 5.84. The van der Waals surface area contributed by atoms with Gasteiger partial charge in [0.2, 0.25) is 5.91 Å². The third kappa shape index (κ3) is 3.12. The molecule has 5 nitrogen and oxygen atoms in total. The van der Waals surface area contributed by atoms with Crippen LogP contribution in [0.3, 0.4) is 0 Å². The van der Waals surface area contributed by atoms with Crippen LogP contribution in [0.5, 0.6) is 0 Å². The first-order valence-corrected chi connectivity index (χ1v) is 6.26. The molecular weight excluding hydrogens is 268 g/mol. The Labute approximate surface area is 115 Å². The Kier molecular flexibility index (Phi) is 4.16. The Morgan fingerprint density at radius 1 is 1.32 bits per heavy atom. The number of anilines is 1. The van der Waals surface area contributed by atoms with Crippen molar-refractivity contribution in [2.24, 2.45) is 11.8 Å². The van der Waals surface area contributed by atoms with E-state index in [0.717, 1.165) is 0 Å². The Balaban J connectivity index is 2.13. The van der Waals surface area contributed by atoms with Crippen molar-refractivity contribution in [3.8, 4) is 0 Å². The number of halogens is 1. The average molecular weight is 281 g/mol. The van der Waals surface area contributed by atoms with E-state index in [0.29, 0.717) is 17.9 Å². The van der Waals surface area contributed by atoms with Gasteiger partial charge in [0.05, 0.1) is 16.9 Å². The van der Waals surface area contributed by atoms with Gasteiger partial charge in [0.15, 0.2) is 5.82 Å². The van der Waals surface area contributed by atoms with Crippen LogP contribution in [-0.4, -0.2) is 22.0 Å². The number of amides is 1. The molecule has 100 valence electrons. The lowest BCUT2D eigenvalue weighted by atomic mass is 9.82. The molecule has 0 aromatic carbocycles. The van der Waals surface area contributed by atoms with Crippen LogP contribution in [0.4, 0.5) is 5.82 Å². The van der Waals surface area contributed by atoms with Crippen molar-refractivity contribution >= 4 is 29.3 Å². The minimum atomic E-state index is -0.961. The first kappa shape index (κ1) is 13.5. The number of nitrogens with one attached hydrogen (secondary N) is 1. The highest BCUT2D eigenvalue weighted by Gasteiger charge is 2.34. The molecule has 0 spiro atoms. The van der Waals surface area contributed by atoms with Crippen molar-refractivity contribution in [3.63, 3.8) is 0 Å². The summed E-state index contributed by atoms with van der Waals surface area (Å²) in [5, 5.41) is 12.0. The van der Waals surface area contributed by atoms with Crippen molar-refractivity contribution in [3.05, 3.63) is 35.5 Å². The molecule has 2 N–H and O–H groups in total. The summed E-state index contributed by atoms with van der Waals surface area (Å²) in [5.41, 5.74) is 0. The molecular formula is C13H13ClN2O3. The molecule has 0 unspecified atom stereocenters. The summed E-state index contributed by atoms with van der Waals surface area (Å²) < 4.78 is 0. The van der Waals surface area contributed by atoms with Gasteiger partial charge in [-0.15, -0.1) is 0 Å². The van der Waals surface area contributed by atoms with Gasteiger partial charge in [-0.1, -0.05) is 23.8 Å². The highest BCUT2D eigenvalue weighted by atomic mass is 35.5. The van der Waals surface area contributed by atoms with Crippen molar-refractivity contribution in [1.82, 2.24) is 4.98 Å². The zero-order valence-corrected chi connectivity index (χ0v) is 10.8. The van der Waals surface area contributed by atoms with Gasteiger partial charge in [0.1, 0.15) is 0 Å². The molecule has 0 aliphatic heterocycles. The lowest BCUT2D eigenvalue weighted by molar-refractivity contribution is -0.146. The number of carbonyl (C=O) groups excluding carboxylic acids is 1. The number of rotatable bonds is 3. The minimum absolute atomic E-state index is 0.257. The normalized spacial score (nSPS) is 21.9. The summed E-state index contributed by atoms with van der Waals surface area (Å²) in [6, 6.07) is 3.26. The molecule has 0 saturated carbocycles. The topological polar surface area (TPSA) is 79.3 Å². The van der Waals surface area contributed by atoms with Crippen molar-refractivity contribution in [2.75, 3.05) is 5.32 Å². The number of aliphatic carboxylic acids is 1. The zero-order valence-electron chi connectivity index (χ0n) is 10.0. The number of pyridine rings is 1. The lowest BCUT2D eigenvalue weighted by Crippen LogP contribution is -2.35. The number of aromatic nitrogens is 1. The first-order valence-electron chi connectivity index (χ1n) is 5.88. The Morgan fingerprint density at radius 2 is 2.00 bits per heavy atom. The minimum Gasteiger partial charge on any atom is -0.481 e. The van der Waals surface area contributed by atoms with Crippen LogP contribution in [0.25, 0.3) is 0 Å². The number of hydrogen-bond donors (Lipinski definition) is 2. The van der Waals surface area contributed by atoms with E-state index in [1.807, 2.05) is 6.08 Å². The van der Waals surface area contributed by atoms with E-state index in [1.54, 1.807) is 18.2 Å². The summed E-state index contributed by atoms with van der Waals surface area (Å²) in [6.45, 7) is 0. The molecule has 1 aliphatic rings. The summed E-state index contributed by atoms with van der Waals surface area (Å²) in [7, 11) is 0. The fraction of sp³-hybridized carbons (Fsp3) is 0.308. The molecule has 0 fully saturated rings. The smallest absolute Gasteiger partial charge is 0.307 e. The second-order valence-electron chi connectivity index (χ2n) is 4.32. The van der Waals surface area contributed by atoms with Crippen LogP contribution in [0.2, 0.25) is 5.02 Å². The summed E-state index contributed by atoms with van der Waals surface area (Å²) in [6.07, 6.45) is 5.90. The predicted octanol–water partition coefficient (Wildman–Crippen LogP) is 2.34. The first-order chi connectivity index (χ1) is 9.09. The predicted molar refractivity (Wildman–Crippen MR) is 70.9 cm³/mol. The van der Waals surface area contributed by atoms with E-state index < -0.39 is 17.8 Å². The molecule has 1 aromatic rings. The Bertz CT molecular complexity index is 530. The van der Waals surface area contributed by atoms with E-state index in [9.17, 15) is 9.59 Å². The highest BCUT2D eigenvalue weighted by Crippen LogP contribution is 2.28. The summed E-state index contributed by atoms with van der Waals surface area (Å²) in [5.74, 6) is -2.37. The van der Waals surface area contributed by atoms with Crippen LogP contribution in [-0.2, 0) is 9.59 Å². The average Bonchev–Trinajstić information content (AvgIpc) is 2.41. The van der Waals surface area contributed by atoms with E-state index in [2.05, 4.69) is 10.3 Å². The maximum absolute atomic E-state index is 12.1. The van der Waals surface area contributed by atoms with Gasteiger partial charge < -0.3 is 10.4 Å². The Morgan fingerprint density at radius 3 is 2.63 bits per heavy atom. The monoisotopic (exact) mass is 280 g/mol. The van der Waals surface area contributed by atoms with Gasteiger partial charge >= 0.3 is 5.97 Å². The fourth-order valence-electron chi connectivity index (χ4n) is 2.06. The molecule has 0 radical (unpaired) electrons. The number of carbonyl (C=O) groups is 2. The molecule has 0 saturated heterocycles. The summed E-state index contributed by atoms with van der Waals surface area (Å²) in [4.78, 5) is 27.2. The molecule has 1 aromatic heterocycles. The maximum Gasteiger partial charge on any atom is 0.307 e. The van der Waals surface area contributed by atoms with Crippen molar-refractivity contribution in [1.29, 1.82) is 0 Å². The quantitative estimate of drug-likeness (QED) is 0.833. The van der Waals surface area contributed by atoms with Crippen molar-refractivity contribution < 1.29 is 14.7 Å². The van der Waals surface area contributed by atoms with Crippen LogP contribution in [0.1, 0.15) is 12.8 Å². The van der Waals surface area contributed by atoms with Gasteiger partial charge in [-0.3, -0.25) is 9.59 Å². The number of hydrogen-bond acceptors (Lipinski definition) is 3. The molecule has 0 bridgehead atoms. The summed E-state index contributed by atoms with van der Waals surface area (Å²) >= 11 is 5.90. The molecule has 1 heterocycles. The maximum atomic E-state index is 12.1. The second-order valence-corrected chi connectivity index (χ2v) is 4.72. The molecule has 19 heavy (non-hydrogen) atoms. The highest BCUT2D eigenvalue weighted by molar-refractivity contribution is 6.33. The van der Waals surface area contributed by atoms with Gasteiger partial charge in [0.25, 0.3) is 0 Å². The van der Waals surface area contributed by atoms with Crippen LogP contribution < -0.4 is 5.32 Å². The van der Waals surface area contributed by atoms with Crippen LogP contribution in [0.15, 0.2) is 30.5 Å². The largest absolute Gasteiger partial charge is 0.481 e. The van der Waals surface area contributed by atoms with Gasteiger partial charge in [0, 0.05) is 6.20 Å². The number of allylic oxidation sites excluding steroid dienone is 2. The molecule has 2 atom stereocenters. The lowest BCUT2D eigenvalue weighted by Gasteiger charge is -2.24. The van der Waals surface area contributed by atoms with E-state index in [-0.39, 0.29) is 11.7 Å².